The highest BCUT2D eigenvalue weighted by Gasteiger charge is 2.27. The lowest BCUT2D eigenvalue weighted by Crippen LogP contribution is -2.04. The van der Waals surface area contributed by atoms with Gasteiger partial charge in [0.05, 0.1) is 0 Å². The van der Waals surface area contributed by atoms with Crippen LogP contribution >= 0.6 is 8.03 Å². The number of aliphatic hydroxyl groups excluding tert-OH is 1. The van der Waals surface area contributed by atoms with Crippen molar-refractivity contribution in [3.05, 3.63) is 0 Å². The number of hydrogen-bond donors (Lipinski definition) is 1. The summed E-state index contributed by atoms with van der Waals surface area (Å²) in [4.78, 5) is 0. The average molecular weight is 165 g/mol. The Kier molecular flexibility index (Phi) is 4.79. The van der Waals surface area contributed by atoms with E-state index in [4.69, 9.17) is 9.63 Å². The molecule has 0 rings (SSSR count). The molecule has 0 aliphatic rings. The lowest BCUT2D eigenvalue weighted by molar-refractivity contribution is 0.191. The normalized spacial score (nSPS) is 18.2. The van der Waals surface area contributed by atoms with E-state index in [9.17, 15) is 4.57 Å². The zero-order valence-corrected chi connectivity index (χ0v) is 7.47. The van der Waals surface area contributed by atoms with Crippen LogP contribution in [0.25, 0.3) is 0 Å². The lowest BCUT2D eigenvalue weighted by atomic mass is 10.3. The van der Waals surface area contributed by atoms with Gasteiger partial charge in [0.1, 0.15) is 6.10 Å². The van der Waals surface area contributed by atoms with Gasteiger partial charge in [0, 0.05) is 6.92 Å². The monoisotopic (exact) mass is 165 g/mol. The third kappa shape index (κ3) is 3.94. The summed E-state index contributed by atoms with van der Waals surface area (Å²) < 4.78 is 15.7. The number of aliphatic hydroxyl groups is 1. The van der Waals surface area contributed by atoms with E-state index in [1.54, 1.807) is 0 Å². The van der Waals surface area contributed by atoms with Crippen LogP contribution in [0, 0.1) is 0 Å². The second-order valence-corrected chi connectivity index (χ2v) is 3.77. The van der Waals surface area contributed by atoms with E-state index in [0.29, 0.717) is 0 Å². The predicted molar refractivity (Wildman–Crippen MR) is 40.1 cm³/mol. The Morgan fingerprint density at radius 3 is 2.40 bits per heavy atom. The predicted octanol–water partition coefficient (Wildman–Crippen LogP) is 1.88. The van der Waals surface area contributed by atoms with Crippen molar-refractivity contribution in [2.24, 2.45) is 0 Å². The van der Waals surface area contributed by atoms with Crippen molar-refractivity contribution < 1.29 is 14.2 Å². The molecule has 4 heteroatoms. The van der Waals surface area contributed by atoms with Gasteiger partial charge in [0.2, 0.25) is 0 Å². The van der Waals surface area contributed by atoms with E-state index < -0.39 is 13.9 Å². The van der Waals surface area contributed by atoms with Gasteiger partial charge in [0.15, 0.2) is 0 Å². The third-order valence-electron chi connectivity index (χ3n) is 1.16. The summed E-state index contributed by atoms with van der Waals surface area (Å²) in [6.45, 7) is 5.23. The molecule has 0 aromatic heterocycles. The van der Waals surface area contributed by atoms with Gasteiger partial charge in [-0.3, -0.25) is 0 Å². The minimum atomic E-state index is -1.88. The van der Waals surface area contributed by atoms with E-state index >= 15 is 0 Å². The van der Waals surface area contributed by atoms with Gasteiger partial charge in [-0.05, 0) is 17.9 Å². The second-order valence-electron chi connectivity index (χ2n) is 2.24. The number of hydrogen-bond acceptors (Lipinski definition) is 3. The van der Waals surface area contributed by atoms with E-state index in [-0.39, 0.29) is 6.10 Å². The summed E-state index contributed by atoms with van der Waals surface area (Å²) in [5.74, 6) is -0.857. The fraction of sp³-hybridized carbons (Fsp3) is 1.00. The van der Waals surface area contributed by atoms with Crippen molar-refractivity contribution >= 4 is 8.03 Å². The molecule has 3 unspecified atom stereocenters. The van der Waals surface area contributed by atoms with Gasteiger partial charge >= 0.3 is 8.03 Å². The summed E-state index contributed by atoms with van der Waals surface area (Å²) >= 11 is 0. The summed E-state index contributed by atoms with van der Waals surface area (Å²) in [7, 11) is -1.88. The second kappa shape index (κ2) is 4.78. The lowest BCUT2D eigenvalue weighted by Gasteiger charge is -1.98. The van der Waals surface area contributed by atoms with Crippen molar-refractivity contribution in [2.75, 3.05) is 0 Å². The number of rotatable bonds is 4. The summed E-state index contributed by atoms with van der Waals surface area (Å²) in [6, 6.07) is 0. The largest absolute Gasteiger partial charge is 0.540 e. The zero-order valence-electron chi connectivity index (χ0n) is 6.57. The minimum Gasteiger partial charge on any atom is -0.349 e. The van der Waals surface area contributed by atoms with Crippen molar-refractivity contribution in [1.82, 2.24) is 0 Å². The van der Waals surface area contributed by atoms with Crippen molar-refractivity contribution in [3.63, 3.8) is 0 Å². The molecule has 0 amide bonds. The van der Waals surface area contributed by atoms with Crippen LogP contribution in [-0.4, -0.2) is 17.1 Å². The van der Waals surface area contributed by atoms with Crippen LogP contribution < -0.4 is 0 Å². The highest BCUT2D eigenvalue weighted by atomic mass is 31.1. The van der Waals surface area contributed by atoms with Crippen LogP contribution in [0.15, 0.2) is 0 Å². The molecule has 0 aliphatic heterocycles. The molecule has 3 nitrogen and oxygen atoms in total. The highest BCUT2D eigenvalue weighted by Crippen LogP contribution is 2.29. The molecular formula is C6H14O3P+. The third-order valence-corrected chi connectivity index (χ3v) is 2.34. The molecule has 0 saturated heterocycles. The molecule has 0 radical (unpaired) electrons. The molecule has 1 N–H and O–H groups in total. The molecule has 10 heavy (non-hydrogen) atoms. The highest BCUT2D eigenvalue weighted by molar-refractivity contribution is 7.39. The van der Waals surface area contributed by atoms with Gasteiger partial charge in [-0.15, -0.1) is 4.52 Å². The SMILES string of the molecule is CCC(C)O[P+](=O)C(C)O. The molecule has 0 fully saturated rings. The molecule has 0 heterocycles. The van der Waals surface area contributed by atoms with Crippen LogP contribution in [0.2, 0.25) is 0 Å². The smallest absolute Gasteiger partial charge is 0.349 e. The van der Waals surface area contributed by atoms with Gasteiger partial charge in [-0.1, -0.05) is 6.92 Å². The first kappa shape index (κ1) is 10.0. The maximum absolute atomic E-state index is 10.8. The van der Waals surface area contributed by atoms with Gasteiger partial charge < -0.3 is 5.11 Å². The van der Waals surface area contributed by atoms with E-state index in [1.807, 2.05) is 13.8 Å². The standard InChI is InChI=1S/C6H14O3P/c1-4-5(2)9-10(8)6(3)7/h5-7H,4H2,1-3H3/q+1. The molecule has 0 spiro atoms. The van der Waals surface area contributed by atoms with E-state index in [2.05, 4.69) is 0 Å². The van der Waals surface area contributed by atoms with Gasteiger partial charge in [-0.2, -0.15) is 0 Å². The fourth-order valence-corrected chi connectivity index (χ4v) is 1.02. The molecule has 0 bridgehead atoms. The summed E-state index contributed by atoms with van der Waals surface area (Å²) in [5, 5.41) is 8.76. The van der Waals surface area contributed by atoms with Crippen LogP contribution in [0.5, 0.6) is 0 Å². The minimum absolute atomic E-state index is 0.0294. The Bertz CT molecular complexity index is 114. The van der Waals surface area contributed by atoms with Crippen LogP contribution in [0.4, 0.5) is 0 Å². The first-order chi connectivity index (χ1) is 4.57. The summed E-state index contributed by atoms with van der Waals surface area (Å²) in [6.07, 6.45) is 0.784. The molecular weight excluding hydrogens is 151 g/mol. The molecule has 3 atom stereocenters. The van der Waals surface area contributed by atoms with Gasteiger partial charge in [-0.25, -0.2) is 0 Å². The Morgan fingerprint density at radius 2 is 2.10 bits per heavy atom. The topological polar surface area (TPSA) is 46.5 Å². The fourth-order valence-electron chi connectivity index (χ4n) is 0.340. The summed E-state index contributed by atoms with van der Waals surface area (Å²) in [5.41, 5.74) is 0. The average Bonchev–Trinajstić information content (AvgIpc) is 1.87. The molecule has 0 saturated carbocycles. The molecule has 0 aromatic carbocycles. The molecule has 60 valence electrons. The quantitative estimate of drug-likeness (QED) is 0.647. The Labute approximate surface area is 62.3 Å². The van der Waals surface area contributed by atoms with Crippen molar-refractivity contribution in [2.45, 2.75) is 39.1 Å². The van der Waals surface area contributed by atoms with Crippen LogP contribution in [0.1, 0.15) is 27.2 Å². The maximum atomic E-state index is 10.8. The van der Waals surface area contributed by atoms with Crippen LogP contribution in [0.3, 0.4) is 0 Å². The molecule has 0 aliphatic carbocycles. The van der Waals surface area contributed by atoms with Gasteiger partial charge in [0.25, 0.3) is 5.85 Å². The van der Waals surface area contributed by atoms with Crippen molar-refractivity contribution in [1.29, 1.82) is 0 Å². The Hall–Kier alpha value is 0.0200. The first-order valence-corrected chi connectivity index (χ1v) is 4.63. The Balaban J connectivity index is 3.57. The zero-order chi connectivity index (χ0) is 8.15. The van der Waals surface area contributed by atoms with E-state index in [0.717, 1.165) is 6.42 Å². The van der Waals surface area contributed by atoms with Crippen molar-refractivity contribution in [3.8, 4) is 0 Å². The Morgan fingerprint density at radius 1 is 1.60 bits per heavy atom. The molecule has 0 aromatic rings. The first-order valence-electron chi connectivity index (χ1n) is 3.39. The van der Waals surface area contributed by atoms with Crippen LogP contribution in [-0.2, 0) is 9.09 Å². The van der Waals surface area contributed by atoms with E-state index in [1.165, 1.54) is 6.92 Å². The maximum Gasteiger partial charge on any atom is 0.540 e.